The van der Waals surface area contributed by atoms with Crippen LogP contribution in [0.1, 0.15) is 51.9 Å². The molecule has 114 valence electrons. The van der Waals surface area contributed by atoms with Crippen molar-refractivity contribution >= 4 is 0 Å². The summed E-state index contributed by atoms with van der Waals surface area (Å²) < 4.78 is 10.9. The quantitative estimate of drug-likeness (QED) is 0.551. The van der Waals surface area contributed by atoms with Crippen LogP contribution in [0, 0.1) is 0 Å². The van der Waals surface area contributed by atoms with E-state index in [0.29, 0.717) is 6.61 Å². The molecule has 1 saturated heterocycles. The first-order valence-corrected chi connectivity index (χ1v) is 7.43. The van der Waals surface area contributed by atoms with Gasteiger partial charge in [0.1, 0.15) is 12.2 Å². The molecule has 0 spiro atoms. The lowest BCUT2D eigenvalue weighted by molar-refractivity contribution is -0.256. The molecule has 1 aliphatic heterocycles. The average molecular weight is 276 g/mol. The predicted octanol–water partition coefficient (Wildman–Crippen LogP) is 1.19. The molecule has 1 fully saturated rings. The molecule has 0 amide bonds. The molecule has 0 aromatic heterocycles. The van der Waals surface area contributed by atoms with E-state index in [9.17, 15) is 10.2 Å². The second-order valence-electron chi connectivity index (χ2n) is 5.22. The highest BCUT2D eigenvalue weighted by Crippen LogP contribution is 2.21. The smallest absolute Gasteiger partial charge is 0.160 e. The van der Waals surface area contributed by atoms with Crippen molar-refractivity contribution in [3.63, 3.8) is 0 Å². The molecule has 1 heterocycles. The summed E-state index contributed by atoms with van der Waals surface area (Å²) in [5.41, 5.74) is 0. The van der Waals surface area contributed by atoms with Crippen LogP contribution >= 0.6 is 0 Å². The highest BCUT2D eigenvalue weighted by atomic mass is 16.7. The van der Waals surface area contributed by atoms with Gasteiger partial charge >= 0.3 is 0 Å². The van der Waals surface area contributed by atoms with Crippen LogP contribution in [0.5, 0.6) is 0 Å². The summed E-state index contributed by atoms with van der Waals surface area (Å²) >= 11 is 0. The fourth-order valence-corrected chi connectivity index (χ4v) is 2.27. The normalized spacial score (nSPS) is 31.6. The van der Waals surface area contributed by atoms with Crippen LogP contribution in [0.25, 0.3) is 0 Å². The summed E-state index contributed by atoms with van der Waals surface area (Å²) in [6.45, 7) is 2.48. The molecule has 5 heteroatoms. The Morgan fingerprint density at radius 2 is 1.79 bits per heavy atom. The van der Waals surface area contributed by atoms with Gasteiger partial charge in [0.15, 0.2) is 6.29 Å². The number of aliphatic hydroxyl groups excluding tert-OH is 3. The molecule has 0 unspecified atom stereocenters. The maximum atomic E-state index is 9.63. The Morgan fingerprint density at radius 3 is 2.47 bits per heavy atom. The van der Waals surface area contributed by atoms with Crippen molar-refractivity contribution in [2.75, 3.05) is 13.2 Å². The van der Waals surface area contributed by atoms with Crippen LogP contribution in [-0.2, 0) is 9.47 Å². The number of aliphatic hydroxyl groups is 3. The third-order valence-corrected chi connectivity index (χ3v) is 3.52. The summed E-state index contributed by atoms with van der Waals surface area (Å²) in [6, 6.07) is 0. The molecule has 4 atom stereocenters. The van der Waals surface area contributed by atoms with Gasteiger partial charge in [-0.05, 0) is 6.42 Å². The van der Waals surface area contributed by atoms with Crippen LogP contribution < -0.4 is 0 Å². The highest BCUT2D eigenvalue weighted by molar-refractivity contribution is 4.82. The lowest BCUT2D eigenvalue weighted by Crippen LogP contribution is -2.50. The molecular weight excluding hydrogens is 248 g/mol. The Kier molecular flexibility index (Phi) is 8.57. The first-order valence-electron chi connectivity index (χ1n) is 7.43. The summed E-state index contributed by atoms with van der Waals surface area (Å²) in [7, 11) is 0. The maximum Gasteiger partial charge on any atom is 0.160 e. The second-order valence-corrected chi connectivity index (χ2v) is 5.22. The van der Waals surface area contributed by atoms with E-state index in [-0.39, 0.29) is 13.0 Å². The van der Waals surface area contributed by atoms with Gasteiger partial charge in [-0.3, -0.25) is 0 Å². The molecule has 1 aliphatic rings. The molecule has 0 aromatic carbocycles. The minimum Gasteiger partial charge on any atom is -0.394 e. The molecule has 19 heavy (non-hydrogen) atoms. The van der Waals surface area contributed by atoms with Crippen molar-refractivity contribution in [2.24, 2.45) is 0 Å². The van der Waals surface area contributed by atoms with E-state index in [1.807, 2.05) is 0 Å². The topological polar surface area (TPSA) is 79.2 Å². The van der Waals surface area contributed by atoms with E-state index >= 15 is 0 Å². The fraction of sp³-hybridized carbons (Fsp3) is 1.00. The zero-order valence-corrected chi connectivity index (χ0v) is 11.8. The summed E-state index contributed by atoms with van der Waals surface area (Å²) in [6.07, 6.45) is 4.21. The van der Waals surface area contributed by atoms with E-state index in [1.54, 1.807) is 0 Å². The minimum atomic E-state index is -1.03. The predicted molar refractivity (Wildman–Crippen MR) is 71.7 cm³/mol. The average Bonchev–Trinajstić information content (AvgIpc) is 2.41. The van der Waals surface area contributed by atoms with E-state index in [0.717, 1.165) is 12.8 Å². The summed E-state index contributed by atoms with van der Waals surface area (Å²) in [5, 5.41) is 28.2. The van der Waals surface area contributed by atoms with Gasteiger partial charge in [-0.15, -0.1) is 0 Å². The Hall–Kier alpha value is -0.200. The van der Waals surface area contributed by atoms with Gasteiger partial charge in [-0.1, -0.05) is 39.0 Å². The Morgan fingerprint density at radius 1 is 1.11 bits per heavy atom. The lowest BCUT2D eigenvalue weighted by Gasteiger charge is -2.36. The largest absolute Gasteiger partial charge is 0.394 e. The molecule has 3 N–H and O–H groups in total. The molecule has 0 aliphatic carbocycles. The molecule has 0 bridgehead atoms. The second kappa shape index (κ2) is 9.66. The van der Waals surface area contributed by atoms with Gasteiger partial charge in [0.05, 0.1) is 12.7 Å². The van der Waals surface area contributed by atoms with E-state index < -0.39 is 24.6 Å². The maximum absolute atomic E-state index is 9.63. The van der Waals surface area contributed by atoms with Crippen LogP contribution in [0.15, 0.2) is 0 Å². The van der Waals surface area contributed by atoms with Gasteiger partial charge in [-0.25, -0.2) is 0 Å². The standard InChI is InChI=1S/C14H28O5/c1-2-3-4-5-6-7-8-18-13-9-11(16)14(17)12(10-15)19-13/h11-17H,2-10H2,1H3/t11-,12-,13+,14-/m1/s1. The first-order chi connectivity index (χ1) is 9.19. The highest BCUT2D eigenvalue weighted by Gasteiger charge is 2.36. The molecule has 0 saturated carbocycles. The Labute approximate surface area is 115 Å². The molecule has 0 radical (unpaired) electrons. The van der Waals surface area contributed by atoms with E-state index in [1.165, 1.54) is 25.7 Å². The van der Waals surface area contributed by atoms with Gasteiger partial charge in [-0.2, -0.15) is 0 Å². The van der Waals surface area contributed by atoms with Gasteiger partial charge in [0, 0.05) is 13.0 Å². The number of ether oxygens (including phenoxy) is 2. The SMILES string of the molecule is CCCCCCCCO[C@@H]1C[C@@H](O)[C@@H](O)[C@@H](CO)O1. The van der Waals surface area contributed by atoms with E-state index in [2.05, 4.69) is 6.92 Å². The van der Waals surface area contributed by atoms with E-state index in [4.69, 9.17) is 14.6 Å². The third kappa shape index (κ3) is 6.19. The first kappa shape index (κ1) is 16.9. The number of hydrogen-bond acceptors (Lipinski definition) is 5. The summed E-state index contributed by atoms with van der Waals surface area (Å²) in [4.78, 5) is 0. The molecule has 5 nitrogen and oxygen atoms in total. The number of rotatable bonds is 9. The van der Waals surface area contributed by atoms with Crippen LogP contribution in [-0.4, -0.2) is 53.1 Å². The third-order valence-electron chi connectivity index (χ3n) is 3.52. The fourth-order valence-electron chi connectivity index (χ4n) is 2.27. The minimum absolute atomic E-state index is 0.257. The van der Waals surface area contributed by atoms with Crippen LogP contribution in [0.3, 0.4) is 0 Å². The van der Waals surface area contributed by atoms with Crippen molar-refractivity contribution in [1.29, 1.82) is 0 Å². The van der Waals surface area contributed by atoms with Crippen molar-refractivity contribution in [2.45, 2.75) is 76.5 Å². The van der Waals surface area contributed by atoms with Gasteiger partial charge < -0.3 is 24.8 Å². The van der Waals surface area contributed by atoms with Gasteiger partial charge in [0.2, 0.25) is 0 Å². The van der Waals surface area contributed by atoms with Crippen molar-refractivity contribution in [1.82, 2.24) is 0 Å². The number of hydrogen-bond donors (Lipinski definition) is 3. The Bertz CT molecular complexity index is 224. The van der Waals surface area contributed by atoms with Crippen LogP contribution in [0.2, 0.25) is 0 Å². The van der Waals surface area contributed by atoms with Crippen molar-refractivity contribution < 1.29 is 24.8 Å². The lowest BCUT2D eigenvalue weighted by atomic mass is 10.0. The zero-order chi connectivity index (χ0) is 14.1. The Balaban J connectivity index is 2.09. The molecule has 1 rings (SSSR count). The van der Waals surface area contributed by atoms with Gasteiger partial charge in [0.25, 0.3) is 0 Å². The summed E-state index contributed by atoms with van der Waals surface area (Å²) in [5.74, 6) is 0. The van der Waals surface area contributed by atoms with Crippen molar-refractivity contribution in [3.05, 3.63) is 0 Å². The number of unbranched alkanes of at least 4 members (excludes halogenated alkanes) is 5. The zero-order valence-electron chi connectivity index (χ0n) is 11.8. The molecular formula is C14H28O5. The molecule has 0 aromatic rings. The monoisotopic (exact) mass is 276 g/mol. The van der Waals surface area contributed by atoms with Crippen molar-refractivity contribution in [3.8, 4) is 0 Å². The van der Waals surface area contributed by atoms with Crippen LogP contribution in [0.4, 0.5) is 0 Å².